The molecule has 1 rings (SSSR count). The molecule has 0 saturated carbocycles. The first-order valence-corrected chi connectivity index (χ1v) is 4.82. The molecule has 0 atom stereocenters. The largest absolute Gasteiger partial charge is 0.497 e. The monoisotopic (exact) mass is 192 g/mol. The first kappa shape index (κ1) is 10.8. The van der Waals surface area contributed by atoms with Gasteiger partial charge in [0.1, 0.15) is 11.5 Å². The second-order valence-corrected chi connectivity index (χ2v) is 3.42. The van der Waals surface area contributed by atoms with Crippen LogP contribution in [0.5, 0.6) is 5.75 Å². The van der Waals surface area contributed by atoms with Gasteiger partial charge < -0.3 is 4.74 Å². The Morgan fingerprint density at radius 3 is 2.43 bits per heavy atom. The fourth-order valence-electron chi connectivity index (χ4n) is 1.44. The maximum atomic E-state index is 11.0. The van der Waals surface area contributed by atoms with E-state index in [1.807, 2.05) is 12.1 Å². The van der Waals surface area contributed by atoms with E-state index in [1.54, 1.807) is 14.0 Å². The van der Waals surface area contributed by atoms with E-state index in [-0.39, 0.29) is 5.78 Å². The van der Waals surface area contributed by atoms with E-state index < -0.39 is 0 Å². The summed E-state index contributed by atoms with van der Waals surface area (Å²) in [6, 6.07) is 5.98. The van der Waals surface area contributed by atoms with Gasteiger partial charge in [-0.1, -0.05) is 13.0 Å². The van der Waals surface area contributed by atoms with Gasteiger partial charge >= 0.3 is 0 Å². The van der Waals surface area contributed by atoms with Gasteiger partial charge in [0.25, 0.3) is 0 Å². The predicted molar refractivity (Wildman–Crippen MR) is 56.8 cm³/mol. The zero-order chi connectivity index (χ0) is 10.6. The molecule has 0 saturated heterocycles. The van der Waals surface area contributed by atoms with Crippen LogP contribution in [-0.4, -0.2) is 12.9 Å². The van der Waals surface area contributed by atoms with Gasteiger partial charge in [-0.3, -0.25) is 4.79 Å². The third kappa shape index (κ3) is 2.87. The van der Waals surface area contributed by atoms with Gasteiger partial charge in [0, 0.05) is 6.42 Å². The molecule has 0 aliphatic rings. The summed E-state index contributed by atoms with van der Waals surface area (Å²) in [4.78, 5) is 11.0. The number of ether oxygens (including phenoxy) is 1. The minimum Gasteiger partial charge on any atom is -0.497 e. The predicted octanol–water partition coefficient (Wildman–Crippen LogP) is 2.39. The number of Topliss-reactive ketones (excluding diaryl/α,β-unsaturated/α-hetero) is 1. The Hall–Kier alpha value is -1.31. The quantitative estimate of drug-likeness (QED) is 0.732. The van der Waals surface area contributed by atoms with Crippen molar-refractivity contribution < 1.29 is 9.53 Å². The van der Waals surface area contributed by atoms with E-state index >= 15 is 0 Å². The van der Waals surface area contributed by atoms with Crippen molar-refractivity contribution in [3.63, 3.8) is 0 Å². The number of benzene rings is 1. The molecule has 0 aliphatic carbocycles. The maximum Gasteiger partial charge on any atom is 0.134 e. The van der Waals surface area contributed by atoms with Crippen LogP contribution in [0.2, 0.25) is 0 Å². The van der Waals surface area contributed by atoms with Crippen LogP contribution in [0.3, 0.4) is 0 Å². The molecule has 0 bridgehead atoms. The smallest absolute Gasteiger partial charge is 0.134 e. The normalized spacial score (nSPS) is 9.93. The zero-order valence-corrected chi connectivity index (χ0v) is 8.96. The molecule has 0 aliphatic heterocycles. The van der Waals surface area contributed by atoms with Crippen LogP contribution in [0.15, 0.2) is 18.2 Å². The number of methoxy groups -OCH3 is 1. The van der Waals surface area contributed by atoms with Crippen LogP contribution < -0.4 is 4.74 Å². The highest BCUT2D eigenvalue weighted by molar-refractivity contribution is 5.78. The summed E-state index contributed by atoms with van der Waals surface area (Å²) in [5.74, 6) is 1.01. The second-order valence-electron chi connectivity index (χ2n) is 3.42. The maximum absolute atomic E-state index is 11.0. The number of carbonyl (C=O) groups is 1. The first-order chi connectivity index (χ1) is 6.65. The Labute approximate surface area is 84.9 Å². The second kappa shape index (κ2) is 4.80. The lowest BCUT2D eigenvalue weighted by molar-refractivity contribution is -0.116. The van der Waals surface area contributed by atoms with Crippen LogP contribution >= 0.6 is 0 Å². The third-order valence-corrected chi connectivity index (χ3v) is 2.12. The van der Waals surface area contributed by atoms with Gasteiger partial charge in [0.2, 0.25) is 0 Å². The summed E-state index contributed by atoms with van der Waals surface area (Å²) in [6.07, 6.45) is 1.45. The molecule has 1 aromatic rings. The number of hydrogen-bond acceptors (Lipinski definition) is 2. The van der Waals surface area contributed by atoms with Crippen molar-refractivity contribution in [3.8, 4) is 5.75 Å². The van der Waals surface area contributed by atoms with E-state index in [0.717, 1.165) is 17.7 Å². The lowest BCUT2D eigenvalue weighted by Gasteiger charge is -2.06. The van der Waals surface area contributed by atoms with Crippen molar-refractivity contribution in [1.82, 2.24) is 0 Å². The average molecular weight is 192 g/mol. The summed E-state index contributed by atoms with van der Waals surface area (Å²) in [6.45, 7) is 3.69. The van der Waals surface area contributed by atoms with Crippen LogP contribution in [-0.2, 0) is 17.6 Å². The molecule has 0 unspecified atom stereocenters. The van der Waals surface area contributed by atoms with Gasteiger partial charge in [0.15, 0.2) is 0 Å². The minimum absolute atomic E-state index is 0.181. The van der Waals surface area contributed by atoms with Crippen molar-refractivity contribution >= 4 is 5.78 Å². The molecule has 14 heavy (non-hydrogen) atoms. The summed E-state index contributed by atoms with van der Waals surface area (Å²) >= 11 is 0. The molecule has 0 amide bonds. The third-order valence-electron chi connectivity index (χ3n) is 2.12. The van der Waals surface area contributed by atoms with Gasteiger partial charge in [-0.15, -0.1) is 0 Å². The molecule has 0 fully saturated rings. The van der Waals surface area contributed by atoms with E-state index in [1.165, 1.54) is 5.56 Å². The molecule has 0 aromatic heterocycles. The van der Waals surface area contributed by atoms with Crippen molar-refractivity contribution in [2.45, 2.75) is 26.7 Å². The molecular weight excluding hydrogens is 176 g/mol. The Morgan fingerprint density at radius 2 is 1.93 bits per heavy atom. The SMILES string of the molecule is CCc1cc(CC(C)=O)cc(OC)c1. The summed E-state index contributed by atoms with van der Waals surface area (Å²) in [5, 5.41) is 0. The van der Waals surface area contributed by atoms with Crippen molar-refractivity contribution in [1.29, 1.82) is 0 Å². The Kier molecular flexibility index (Phi) is 3.69. The number of ketones is 1. The molecule has 0 spiro atoms. The number of carbonyl (C=O) groups excluding carboxylic acids is 1. The van der Waals surface area contributed by atoms with E-state index in [9.17, 15) is 4.79 Å². The highest BCUT2D eigenvalue weighted by Crippen LogP contribution is 2.17. The highest BCUT2D eigenvalue weighted by atomic mass is 16.5. The molecule has 2 heteroatoms. The van der Waals surface area contributed by atoms with Crippen LogP contribution in [0.1, 0.15) is 25.0 Å². The van der Waals surface area contributed by atoms with Gasteiger partial charge in [-0.25, -0.2) is 0 Å². The standard InChI is InChI=1S/C12H16O2/c1-4-10-6-11(5-9(2)13)8-12(7-10)14-3/h6-8H,4-5H2,1-3H3. The first-order valence-electron chi connectivity index (χ1n) is 4.82. The summed E-state index contributed by atoms with van der Waals surface area (Å²) in [5.41, 5.74) is 2.24. The highest BCUT2D eigenvalue weighted by Gasteiger charge is 2.02. The van der Waals surface area contributed by atoms with Crippen molar-refractivity contribution in [2.75, 3.05) is 7.11 Å². The van der Waals surface area contributed by atoms with Crippen LogP contribution in [0.4, 0.5) is 0 Å². The van der Waals surface area contributed by atoms with Crippen LogP contribution in [0, 0.1) is 0 Å². The average Bonchev–Trinajstić information content (AvgIpc) is 2.16. The van der Waals surface area contributed by atoms with Crippen molar-refractivity contribution in [3.05, 3.63) is 29.3 Å². The Bertz CT molecular complexity index is 307. The number of hydrogen-bond donors (Lipinski definition) is 0. The Morgan fingerprint density at radius 1 is 1.29 bits per heavy atom. The summed E-state index contributed by atoms with van der Waals surface area (Å²) < 4.78 is 5.17. The van der Waals surface area contributed by atoms with Gasteiger partial charge in [0.05, 0.1) is 7.11 Å². The molecule has 0 N–H and O–H groups in total. The lowest BCUT2D eigenvalue weighted by Crippen LogP contribution is -1.98. The molecule has 0 radical (unpaired) electrons. The number of aryl methyl sites for hydroxylation is 1. The minimum atomic E-state index is 0.181. The van der Waals surface area contributed by atoms with Crippen molar-refractivity contribution in [2.24, 2.45) is 0 Å². The van der Waals surface area contributed by atoms with E-state index in [2.05, 4.69) is 13.0 Å². The van der Waals surface area contributed by atoms with Crippen LogP contribution in [0.25, 0.3) is 0 Å². The molecule has 1 aromatic carbocycles. The van der Waals surface area contributed by atoms with E-state index in [4.69, 9.17) is 4.74 Å². The molecular formula is C12H16O2. The lowest BCUT2D eigenvalue weighted by atomic mass is 10.0. The fourth-order valence-corrected chi connectivity index (χ4v) is 1.44. The Balaban J connectivity index is 2.98. The summed E-state index contributed by atoms with van der Waals surface area (Å²) in [7, 11) is 1.65. The van der Waals surface area contributed by atoms with E-state index in [0.29, 0.717) is 6.42 Å². The number of rotatable bonds is 4. The molecule has 76 valence electrons. The molecule has 0 heterocycles. The molecule has 2 nitrogen and oxygen atoms in total. The van der Waals surface area contributed by atoms with Gasteiger partial charge in [-0.2, -0.15) is 0 Å². The van der Waals surface area contributed by atoms with Gasteiger partial charge in [-0.05, 0) is 36.6 Å². The zero-order valence-electron chi connectivity index (χ0n) is 8.96. The topological polar surface area (TPSA) is 26.3 Å². The fraction of sp³-hybridized carbons (Fsp3) is 0.417.